The molecule has 5 rings (SSSR count). The lowest BCUT2D eigenvalue weighted by atomic mass is 9.90. The molecule has 8 heteroatoms. The van der Waals surface area contributed by atoms with Crippen LogP contribution in [0, 0.1) is 19.8 Å². The first-order valence-corrected chi connectivity index (χ1v) is 11.7. The lowest BCUT2D eigenvalue weighted by molar-refractivity contribution is -0.123. The molecule has 3 aromatic carbocycles. The number of imide groups is 1. The van der Waals surface area contributed by atoms with Gasteiger partial charge in [-0.15, -0.1) is 0 Å². The molecule has 3 amide bonds. The van der Waals surface area contributed by atoms with Crippen LogP contribution in [0.1, 0.15) is 33.1 Å². The fraction of sp³-hybridized carbons (Fsp3) is 0.250. The van der Waals surface area contributed by atoms with Crippen molar-refractivity contribution >= 4 is 23.4 Å². The summed E-state index contributed by atoms with van der Waals surface area (Å²) >= 11 is 0. The number of rotatable bonds is 5. The number of hydrogen-bond donors (Lipinski definition) is 1. The molecule has 0 aromatic heterocycles. The van der Waals surface area contributed by atoms with Crippen molar-refractivity contribution in [3.8, 4) is 11.5 Å². The van der Waals surface area contributed by atoms with Gasteiger partial charge in [-0.2, -0.15) is 0 Å². The van der Waals surface area contributed by atoms with Gasteiger partial charge in [0.25, 0.3) is 11.8 Å². The zero-order valence-electron chi connectivity index (χ0n) is 20.5. The monoisotopic (exact) mass is 485 g/mol. The van der Waals surface area contributed by atoms with Crippen LogP contribution in [0.15, 0.2) is 66.7 Å². The Morgan fingerprint density at radius 2 is 1.47 bits per heavy atom. The highest BCUT2D eigenvalue weighted by atomic mass is 16.5. The van der Waals surface area contributed by atoms with E-state index in [0.29, 0.717) is 28.3 Å². The molecule has 3 aromatic rings. The number of carbonyl (C=O) groups is 3. The van der Waals surface area contributed by atoms with Crippen LogP contribution < -0.4 is 19.8 Å². The van der Waals surface area contributed by atoms with Crippen LogP contribution in [0.2, 0.25) is 0 Å². The topological polar surface area (TPSA) is 88.2 Å². The number of benzene rings is 3. The van der Waals surface area contributed by atoms with Crippen molar-refractivity contribution in [2.24, 2.45) is 5.92 Å². The second-order valence-electron chi connectivity index (χ2n) is 9.07. The third kappa shape index (κ3) is 3.79. The van der Waals surface area contributed by atoms with Gasteiger partial charge in [0, 0.05) is 11.1 Å². The van der Waals surface area contributed by atoms with Gasteiger partial charge in [0.2, 0.25) is 5.91 Å². The summed E-state index contributed by atoms with van der Waals surface area (Å²) in [6.45, 7) is 3.87. The van der Waals surface area contributed by atoms with Crippen molar-refractivity contribution in [3.63, 3.8) is 0 Å². The number of carbonyl (C=O) groups excluding carboxylic acids is 3. The van der Waals surface area contributed by atoms with Crippen LogP contribution in [-0.2, 0) is 9.59 Å². The first-order valence-electron chi connectivity index (χ1n) is 11.7. The van der Waals surface area contributed by atoms with Gasteiger partial charge < -0.3 is 9.47 Å². The maximum atomic E-state index is 13.8. The fourth-order valence-corrected chi connectivity index (χ4v) is 4.90. The zero-order chi connectivity index (χ0) is 25.6. The van der Waals surface area contributed by atoms with Crippen molar-refractivity contribution in [3.05, 3.63) is 89.0 Å². The number of amides is 3. The Bertz CT molecular complexity index is 1340. The number of ether oxygens (including phenoxy) is 2. The van der Waals surface area contributed by atoms with Crippen molar-refractivity contribution in [1.82, 2.24) is 10.4 Å². The predicted molar refractivity (Wildman–Crippen MR) is 134 cm³/mol. The van der Waals surface area contributed by atoms with Crippen molar-refractivity contribution in [2.75, 3.05) is 19.1 Å². The van der Waals surface area contributed by atoms with Crippen LogP contribution in [0.5, 0.6) is 11.5 Å². The Morgan fingerprint density at radius 3 is 2.08 bits per heavy atom. The molecule has 3 unspecified atom stereocenters. The van der Waals surface area contributed by atoms with E-state index in [9.17, 15) is 14.4 Å². The van der Waals surface area contributed by atoms with Crippen LogP contribution in [0.25, 0.3) is 0 Å². The summed E-state index contributed by atoms with van der Waals surface area (Å²) in [4.78, 5) is 42.4. The molecule has 0 spiro atoms. The largest absolute Gasteiger partial charge is 0.497 e. The molecule has 2 fully saturated rings. The van der Waals surface area contributed by atoms with Crippen LogP contribution in [0.4, 0.5) is 5.69 Å². The first kappa shape index (κ1) is 23.6. The highest BCUT2D eigenvalue weighted by molar-refractivity contribution is 6.25. The number of anilines is 1. The Balaban J connectivity index is 1.62. The second-order valence-corrected chi connectivity index (χ2v) is 9.07. The van der Waals surface area contributed by atoms with Crippen molar-refractivity contribution in [1.29, 1.82) is 0 Å². The molecule has 2 saturated heterocycles. The molecule has 1 N–H and O–H groups in total. The molecule has 3 atom stereocenters. The molecular weight excluding hydrogens is 458 g/mol. The van der Waals surface area contributed by atoms with E-state index in [1.165, 1.54) is 17.0 Å². The number of hydrogen-bond acceptors (Lipinski definition) is 6. The number of fused-ring (bicyclic) bond motifs is 1. The van der Waals surface area contributed by atoms with E-state index in [2.05, 4.69) is 5.43 Å². The summed E-state index contributed by atoms with van der Waals surface area (Å²) in [5.41, 5.74) is 6.70. The molecular formula is C28H27N3O5. The van der Waals surface area contributed by atoms with Gasteiger partial charge in [-0.05, 0) is 56.3 Å². The molecule has 8 nitrogen and oxygen atoms in total. The van der Waals surface area contributed by atoms with E-state index >= 15 is 0 Å². The molecule has 0 bridgehead atoms. The van der Waals surface area contributed by atoms with Gasteiger partial charge in [-0.1, -0.05) is 35.4 Å². The van der Waals surface area contributed by atoms with Crippen LogP contribution in [0.3, 0.4) is 0 Å². The Morgan fingerprint density at radius 1 is 0.833 bits per heavy atom. The minimum Gasteiger partial charge on any atom is -0.497 e. The van der Waals surface area contributed by atoms with E-state index in [-0.39, 0.29) is 11.8 Å². The fourth-order valence-electron chi connectivity index (χ4n) is 4.90. The Hall–Kier alpha value is -4.17. The average Bonchev–Trinajstić information content (AvgIpc) is 3.40. The van der Waals surface area contributed by atoms with E-state index in [0.717, 1.165) is 11.1 Å². The minimum atomic E-state index is -1.02. The van der Waals surface area contributed by atoms with Gasteiger partial charge >= 0.3 is 0 Å². The summed E-state index contributed by atoms with van der Waals surface area (Å²) in [5, 5.41) is 1.30. The number of hydrazine groups is 1. The summed E-state index contributed by atoms with van der Waals surface area (Å²) in [6.07, 6.45) is 0. The van der Waals surface area contributed by atoms with E-state index < -0.39 is 23.9 Å². The molecule has 36 heavy (non-hydrogen) atoms. The quantitative estimate of drug-likeness (QED) is 0.556. The van der Waals surface area contributed by atoms with E-state index in [1.54, 1.807) is 49.6 Å². The highest BCUT2D eigenvalue weighted by Crippen LogP contribution is 2.45. The Kier molecular flexibility index (Phi) is 5.97. The predicted octanol–water partition coefficient (Wildman–Crippen LogP) is 3.58. The SMILES string of the molecule is COc1ccc(OC)c(C2NN(C(=O)c3ccc(C)cc3)C3C(=O)N(c4ccc(C)cc4)C(=O)C23)c1. The normalized spacial score (nSPS) is 21.1. The van der Waals surface area contributed by atoms with Crippen molar-refractivity contribution < 1.29 is 23.9 Å². The molecule has 0 radical (unpaired) electrons. The summed E-state index contributed by atoms with van der Waals surface area (Å²) in [6, 6.07) is 17.8. The zero-order valence-corrected chi connectivity index (χ0v) is 20.5. The number of nitrogens with zero attached hydrogens (tertiary/aromatic N) is 2. The maximum Gasteiger partial charge on any atom is 0.268 e. The number of methoxy groups -OCH3 is 2. The Labute approximate surface area is 209 Å². The van der Waals surface area contributed by atoms with Gasteiger partial charge in [-0.25, -0.2) is 10.3 Å². The third-order valence-corrected chi connectivity index (χ3v) is 6.82. The van der Waals surface area contributed by atoms with Gasteiger partial charge in [0.05, 0.1) is 31.9 Å². The molecule has 184 valence electrons. The summed E-state index contributed by atoms with van der Waals surface area (Å²) in [7, 11) is 3.08. The smallest absolute Gasteiger partial charge is 0.268 e. The van der Waals surface area contributed by atoms with Gasteiger partial charge in [-0.3, -0.25) is 19.4 Å². The minimum absolute atomic E-state index is 0.379. The summed E-state index contributed by atoms with van der Waals surface area (Å²) < 4.78 is 11.0. The maximum absolute atomic E-state index is 13.8. The van der Waals surface area contributed by atoms with Gasteiger partial charge in [0.1, 0.15) is 17.5 Å². The average molecular weight is 486 g/mol. The van der Waals surface area contributed by atoms with Gasteiger partial charge in [0.15, 0.2) is 0 Å². The second kappa shape index (κ2) is 9.13. The molecule has 0 aliphatic carbocycles. The highest BCUT2D eigenvalue weighted by Gasteiger charge is 2.60. The van der Waals surface area contributed by atoms with Crippen molar-refractivity contribution in [2.45, 2.75) is 25.9 Å². The molecule has 2 heterocycles. The van der Waals surface area contributed by atoms with Crippen LogP contribution in [-0.4, -0.2) is 43.0 Å². The number of nitrogens with one attached hydrogen (secondary N) is 1. The molecule has 2 aliphatic rings. The number of aryl methyl sites for hydroxylation is 2. The molecule has 2 aliphatic heterocycles. The lowest BCUT2D eigenvalue weighted by Crippen LogP contribution is -2.48. The lowest BCUT2D eigenvalue weighted by Gasteiger charge is -2.26. The van der Waals surface area contributed by atoms with E-state index in [4.69, 9.17) is 9.47 Å². The third-order valence-electron chi connectivity index (χ3n) is 6.82. The van der Waals surface area contributed by atoms with E-state index in [1.807, 2.05) is 38.1 Å². The first-order chi connectivity index (χ1) is 17.3. The summed E-state index contributed by atoms with van der Waals surface area (Å²) in [5.74, 6) is -0.984. The molecule has 0 saturated carbocycles. The van der Waals surface area contributed by atoms with Crippen LogP contribution >= 0.6 is 0 Å². The standard InChI is InChI=1S/C28H27N3O5/c1-16-5-9-18(10-6-16)26(32)31-25-23(24(29-31)21-15-20(35-3)13-14-22(21)36-4)27(33)30(28(25)34)19-11-7-17(2)8-12-19/h5-15,23-25,29H,1-4H3.